The van der Waals surface area contributed by atoms with Crippen LogP contribution in [-0.2, 0) is 9.53 Å². The number of allylic oxidation sites excluding steroid dienone is 4. The van der Waals surface area contributed by atoms with Gasteiger partial charge in [0, 0.05) is 12.5 Å². The minimum atomic E-state index is -0.247. The maximum atomic E-state index is 10.8. The van der Waals surface area contributed by atoms with Crippen LogP contribution in [0.5, 0.6) is 0 Å². The summed E-state index contributed by atoms with van der Waals surface area (Å²) in [6.07, 6.45) is 10.8. The molecule has 0 amide bonds. The van der Waals surface area contributed by atoms with E-state index in [0.717, 1.165) is 12.8 Å². The highest BCUT2D eigenvalue weighted by molar-refractivity contribution is 6.25. The van der Waals surface area contributed by atoms with Crippen LogP contribution in [0.3, 0.4) is 0 Å². The topological polar surface area (TPSA) is 26.3 Å². The lowest BCUT2D eigenvalue weighted by atomic mass is 10.2. The summed E-state index contributed by atoms with van der Waals surface area (Å²) in [5.74, 6) is -0.247. The third-order valence-corrected chi connectivity index (χ3v) is 1.77. The summed E-state index contributed by atoms with van der Waals surface area (Å²) in [5, 5.41) is 0. The maximum absolute atomic E-state index is 10.8. The molecule has 0 rings (SSSR count). The van der Waals surface area contributed by atoms with Crippen molar-refractivity contribution in [3.05, 3.63) is 35.9 Å². The van der Waals surface area contributed by atoms with Crippen LogP contribution in [0, 0.1) is 0 Å². The fourth-order valence-electron chi connectivity index (χ4n) is 1.05. The summed E-state index contributed by atoms with van der Waals surface area (Å²) >= 11 is 5.34. The van der Waals surface area contributed by atoms with E-state index in [0.29, 0.717) is 0 Å². The number of halogens is 1. The third-order valence-electron chi connectivity index (χ3n) is 1.62. The fourth-order valence-corrected chi connectivity index (χ4v) is 1.13. The van der Waals surface area contributed by atoms with Crippen molar-refractivity contribution < 1.29 is 9.53 Å². The van der Waals surface area contributed by atoms with Crippen LogP contribution in [-0.4, -0.2) is 12.1 Å². The van der Waals surface area contributed by atoms with Crippen molar-refractivity contribution in [1.82, 2.24) is 0 Å². The summed E-state index contributed by atoms with van der Waals surface area (Å²) in [7, 11) is 0. The van der Waals surface area contributed by atoms with E-state index in [4.69, 9.17) is 16.3 Å². The lowest BCUT2D eigenvalue weighted by molar-refractivity contribution is -0.144. The quantitative estimate of drug-likeness (QED) is 0.513. The molecule has 0 aliphatic rings. The molecule has 0 spiro atoms. The van der Waals surface area contributed by atoms with Crippen molar-refractivity contribution in [3.8, 4) is 0 Å². The number of hydrogen-bond acceptors (Lipinski definition) is 2. The Bertz CT molecular complexity index is 254. The molecule has 1 unspecified atom stereocenters. The fraction of sp³-hybridized carbons (Fsp3) is 0.417. The van der Waals surface area contributed by atoms with Crippen molar-refractivity contribution >= 4 is 17.6 Å². The molecule has 0 aromatic heterocycles. The van der Waals surface area contributed by atoms with Gasteiger partial charge in [-0.3, -0.25) is 4.79 Å². The Morgan fingerprint density at radius 2 is 2.00 bits per heavy atom. The largest absolute Gasteiger partial charge is 0.458 e. The molecular formula is C12H17ClO2. The molecule has 0 radical (unpaired) electrons. The minimum Gasteiger partial charge on any atom is -0.458 e. The molecule has 3 heteroatoms. The Kier molecular flexibility index (Phi) is 8.88. The van der Waals surface area contributed by atoms with Gasteiger partial charge in [-0.15, -0.1) is 0 Å². The van der Waals surface area contributed by atoms with Crippen molar-refractivity contribution in [3.63, 3.8) is 0 Å². The van der Waals surface area contributed by atoms with E-state index in [1.54, 1.807) is 12.2 Å². The summed E-state index contributed by atoms with van der Waals surface area (Å²) in [5.41, 5.74) is 1.43. The molecule has 0 saturated heterocycles. The maximum Gasteiger partial charge on any atom is 0.303 e. The number of hydrogen-bond donors (Lipinski definition) is 0. The number of carbonyl (C=O) groups excluding carboxylic acids is 1. The van der Waals surface area contributed by atoms with Crippen molar-refractivity contribution in [2.24, 2.45) is 0 Å². The van der Waals surface area contributed by atoms with Gasteiger partial charge in [-0.1, -0.05) is 49.2 Å². The molecule has 0 heterocycles. The molecule has 0 N–H and O–H groups in total. The molecule has 0 aromatic rings. The second-order valence-corrected chi connectivity index (χ2v) is 3.28. The standard InChI is InChI=1S/C12H17ClO2/c1-3-8-12(15-11(2)14)9-6-4-5-7-10-13/h4-7,9-10,12H,3,8H2,1-2H3/b5-4+,9-6+,10-7+. The first-order valence-corrected chi connectivity index (χ1v) is 5.41. The van der Waals surface area contributed by atoms with Gasteiger partial charge in [-0.05, 0) is 12.5 Å². The molecule has 0 aliphatic heterocycles. The number of esters is 1. The molecule has 15 heavy (non-hydrogen) atoms. The Morgan fingerprint density at radius 1 is 1.33 bits per heavy atom. The zero-order chi connectivity index (χ0) is 11.5. The van der Waals surface area contributed by atoms with Crippen LogP contribution in [0.15, 0.2) is 35.9 Å². The molecule has 84 valence electrons. The normalized spacial score (nSPS) is 14.1. The first kappa shape index (κ1) is 14.0. The Hall–Kier alpha value is -1.02. The molecule has 0 aliphatic carbocycles. The van der Waals surface area contributed by atoms with E-state index < -0.39 is 0 Å². The van der Waals surface area contributed by atoms with Gasteiger partial charge in [-0.25, -0.2) is 0 Å². The van der Waals surface area contributed by atoms with Gasteiger partial charge in [0.05, 0.1) is 0 Å². The first-order chi connectivity index (χ1) is 7.20. The number of rotatable bonds is 6. The molecule has 1 atom stereocenters. The SMILES string of the molecule is CCCC(/C=C/C=C/C=C/Cl)OC(C)=O. The average molecular weight is 229 g/mol. The highest BCUT2D eigenvalue weighted by Gasteiger charge is 2.05. The second-order valence-electron chi connectivity index (χ2n) is 3.02. The predicted molar refractivity (Wildman–Crippen MR) is 63.7 cm³/mol. The Labute approximate surface area is 96.3 Å². The second kappa shape index (κ2) is 9.53. The zero-order valence-electron chi connectivity index (χ0n) is 9.15. The molecule has 0 aromatic carbocycles. The van der Waals surface area contributed by atoms with Crippen LogP contribution in [0.1, 0.15) is 26.7 Å². The van der Waals surface area contributed by atoms with Gasteiger partial charge in [0.2, 0.25) is 0 Å². The third kappa shape index (κ3) is 9.29. The van der Waals surface area contributed by atoms with E-state index in [9.17, 15) is 4.79 Å². The van der Waals surface area contributed by atoms with Crippen LogP contribution < -0.4 is 0 Å². The molecule has 2 nitrogen and oxygen atoms in total. The lowest BCUT2D eigenvalue weighted by Crippen LogP contribution is -2.12. The van der Waals surface area contributed by atoms with Crippen molar-refractivity contribution in [1.29, 1.82) is 0 Å². The van der Waals surface area contributed by atoms with Crippen LogP contribution >= 0.6 is 11.6 Å². The number of ether oxygens (including phenoxy) is 1. The van der Waals surface area contributed by atoms with E-state index >= 15 is 0 Å². The predicted octanol–water partition coefficient (Wildman–Crippen LogP) is 3.58. The van der Waals surface area contributed by atoms with Gasteiger partial charge in [0.1, 0.15) is 6.10 Å². The van der Waals surface area contributed by atoms with E-state index in [1.165, 1.54) is 12.5 Å². The zero-order valence-corrected chi connectivity index (χ0v) is 9.91. The lowest BCUT2D eigenvalue weighted by Gasteiger charge is -2.10. The monoisotopic (exact) mass is 228 g/mol. The van der Waals surface area contributed by atoms with E-state index in [-0.39, 0.29) is 12.1 Å². The van der Waals surface area contributed by atoms with Gasteiger partial charge in [0.25, 0.3) is 0 Å². The van der Waals surface area contributed by atoms with Crippen LogP contribution in [0.2, 0.25) is 0 Å². The van der Waals surface area contributed by atoms with E-state index in [2.05, 4.69) is 6.92 Å². The summed E-state index contributed by atoms with van der Waals surface area (Å²) in [4.78, 5) is 10.8. The van der Waals surface area contributed by atoms with Gasteiger partial charge < -0.3 is 4.74 Å². The average Bonchev–Trinajstić information content (AvgIpc) is 2.17. The Morgan fingerprint density at radius 3 is 2.53 bits per heavy atom. The minimum absolute atomic E-state index is 0.128. The molecular weight excluding hydrogens is 212 g/mol. The van der Waals surface area contributed by atoms with Gasteiger partial charge >= 0.3 is 5.97 Å². The summed E-state index contributed by atoms with van der Waals surface area (Å²) in [6, 6.07) is 0. The summed E-state index contributed by atoms with van der Waals surface area (Å²) in [6.45, 7) is 3.47. The molecule has 0 saturated carbocycles. The smallest absolute Gasteiger partial charge is 0.303 e. The van der Waals surface area contributed by atoms with Crippen LogP contribution in [0.4, 0.5) is 0 Å². The van der Waals surface area contributed by atoms with E-state index in [1.807, 2.05) is 18.2 Å². The van der Waals surface area contributed by atoms with Crippen molar-refractivity contribution in [2.45, 2.75) is 32.8 Å². The van der Waals surface area contributed by atoms with Crippen molar-refractivity contribution in [2.75, 3.05) is 0 Å². The summed E-state index contributed by atoms with van der Waals surface area (Å²) < 4.78 is 5.09. The molecule has 0 bridgehead atoms. The highest BCUT2D eigenvalue weighted by atomic mass is 35.5. The van der Waals surface area contributed by atoms with Gasteiger partial charge in [0.15, 0.2) is 0 Å². The Balaban J connectivity index is 4.08. The first-order valence-electron chi connectivity index (χ1n) is 4.98. The molecule has 0 fully saturated rings. The van der Waals surface area contributed by atoms with Crippen LogP contribution in [0.25, 0.3) is 0 Å². The number of carbonyl (C=O) groups is 1. The highest BCUT2D eigenvalue weighted by Crippen LogP contribution is 2.04. The van der Waals surface area contributed by atoms with Gasteiger partial charge in [-0.2, -0.15) is 0 Å².